The monoisotopic (exact) mass is 666 g/mol. The molecule has 4 aromatic carbocycles. The lowest BCUT2D eigenvalue weighted by Crippen LogP contribution is -2.43. The van der Waals surface area contributed by atoms with Crippen LogP contribution < -0.4 is 0 Å². The summed E-state index contributed by atoms with van der Waals surface area (Å²) in [7, 11) is 0. The molecule has 6 rings (SSSR count). The van der Waals surface area contributed by atoms with Crippen molar-refractivity contribution in [3.05, 3.63) is 121 Å². The van der Waals surface area contributed by atoms with Crippen molar-refractivity contribution in [2.24, 2.45) is 0 Å². The van der Waals surface area contributed by atoms with Gasteiger partial charge in [-0.15, -0.1) is 10.2 Å². The fourth-order valence-electron chi connectivity index (χ4n) is 6.44. The lowest BCUT2D eigenvalue weighted by molar-refractivity contribution is -0.134. The van der Waals surface area contributed by atoms with Crippen molar-refractivity contribution in [3.8, 4) is 22.5 Å². The topological polar surface area (TPSA) is 92.2 Å². The Bertz CT molecular complexity index is 2030. The van der Waals surface area contributed by atoms with E-state index in [0.717, 1.165) is 55.4 Å². The summed E-state index contributed by atoms with van der Waals surface area (Å²) in [6.45, 7) is 13.6. The van der Waals surface area contributed by atoms with Gasteiger partial charge < -0.3 is 9.80 Å². The summed E-state index contributed by atoms with van der Waals surface area (Å²) in [6, 6.07) is 36.4. The van der Waals surface area contributed by atoms with Crippen molar-refractivity contribution < 1.29 is 9.59 Å². The number of rotatable bonds is 10. The molecule has 8 nitrogen and oxygen atoms in total. The predicted molar refractivity (Wildman–Crippen MR) is 202 cm³/mol. The van der Waals surface area contributed by atoms with E-state index in [1.165, 1.54) is 0 Å². The second-order valence-electron chi connectivity index (χ2n) is 12.7. The van der Waals surface area contributed by atoms with E-state index in [1.54, 1.807) is 0 Å². The molecule has 2 heterocycles. The van der Waals surface area contributed by atoms with Crippen LogP contribution in [0.15, 0.2) is 109 Å². The quantitative estimate of drug-likeness (QED) is 0.146. The first-order chi connectivity index (χ1) is 24.2. The molecule has 256 valence electrons. The van der Waals surface area contributed by atoms with Gasteiger partial charge >= 0.3 is 0 Å². The molecular weight excluding hydrogens is 621 g/mol. The Morgan fingerprint density at radius 1 is 0.500 bits per heavy atom. The van der Waals surface area contributed by atoms with Crippen molar-refractivity contribution >= 4 is 33.4 Å². The lowest BCUT2D eigenvalue weighted by Gasteiger charge is -2.30. The van der Waals surface area contributed by atoms with Crippen LogP contribution in [-0.2, 0) is 22.4 Å². The molecule has 0 fully saturated rings. The van der Waals surface area contributed by atoms with E-state index < -0.39 is 0 Å². The van der Waals surface area contributed by atoms with Gasteiger partial charge in [-0.05, 0) is 41.5 Å². The fourth-order valence-corrected chi connectivity index (χ4v) is 6.44. The highest BCUT2D eigenvalue weighted by Crippen LogP contribution is 2.29. The zero-order chi connectivity index (χ0) is 35.6. The third-order valence-electron chi connectivity index (χ3n) is 8.78. The molecule has 0 saturated heterocycles. The summed E-state index contributed by atoms with van der Waals surface area (Å²) in [5.41, 5.74) is 5.23. The molecule has 0 bridgehead atoms. The number of aromatic nitrogens is 4. The predicted octanol–water partition coefficient (Wildman–Crippen LogP) is 8.19. The molecule has 50 heavy (non-hydrogen) atoms. The molecule has 0 N–H and O–H groups in total. The van der Waals surface area contributed by atoms with E-state index in [4.69, 9.17) is 0 Å². The molecule has 2 amide bonds. The van der Waals surface area contributed by atoms with Crippen LogP contribution in [0.2, 0.25) is 0 Å². The van der Waals surface area contributed by atoms with E-state index in [1.807, 2.05) is 161 Å². The van der Waals surface area contributed by atoms with Gasteiger partial charge in [0.25, 0.3) is 0 Å². The van der Waals surface area contributed by atoms with Crippen LogP contribution >= 0.6 is 0 Å². The van der Waals surface area contributed by atoms with Crippen LogP contribution in [0.4, 0.5) is 0 Å². The molecule has 0 aliphatic rings. The zero-order valence-electron chi connectivity index (χ0n) is 29.9. The number of hydrogen-bond acceptors (Lipinski definition) is 6. The smallest absolute Gasteiger partial charge is 0.229 e. The first-order valence-corrected chi connectivity index (χ1v) is 17.4. The largest absolute Gasteiger partial charge is 0.343 e. The summed E-state index contributed by atoms with van der Waals surface area (Å²) in [6.07, 6.45) is 0.545. The molecule has 0 spiro atoms. The number of carbonyl (C=O) groups excluding carboxylic acids is 2. The Kier molecular flexibility index (Phi) is 12.0. The second-order valence-corrected chi connectivity index (χ2v) is 12.7. The molecule has 2 aromatic heterocycles. The van der Waals surface area contributed by atoms with Crippen molar-refractivity contribution in [2.75, 3.05) is 13.1 Å². The number of fused-ring (bicyclic) bond motifs is 2. The molecule has 0 radical (unpaired) electrons. The minimum Gasteiger partial charge on any atom is -0.343 e. The zero-order valence-corrected chi connectivity index (χ0v) is 29.9. The average molecular weight is 667 g/mol. The van der Waals surface area contributed by atoms with Crippen LogP contribution in [0.25, 0.3) is 44.1 Å². The molecule has 0 aliphatic carbocycles. The van der Waals surface area contributed by atoms with E-state index in [9.17, 15) is 9.59 Å². The van der Waals surface area contributed by atoms with Gasteiger partial charge in [0.15, 0.2) is 0 Å². The number of carbonyl (C=O) groups is 2. The minimum absolute atomic E-state index is 0.0851. The summed E-state index contributed by atoms with van der Waals surface area (Å²) >= 11 is 0. The van der Waals surface area contributed by atoms with Gasteiger partial charge in [0.2, 0.25) is 11.8 Å². The van der Waals surface area contributed by atoms with Crippen molar-refractivity contribution in [3.63, 3.8) is 0 Å². The Balaban J connectivity index is 0.000000195. The van der Waals surface area contributed by atoms with Gasteiger partial charge in [0.05, 0.1) is 24.2 Å². The first-order valence-electron chi connectivity index (χ1n) is 17.4. The van der Waals surface area contributed by atoms with Crippen molar-refractivity contribution in [1.29, 1.82) is 0 Å². The summed E-state index contributed by atoms with van der Waals surface area (Å²) in [4.78, 5) is 29.0. The van der Waals surface area contributed by atoms with Gasteiger partial charge in [-0.25, -0.2) is 0 Å². The van der Waals surface area contributed by atoms with Crippen LogP contribution in [-0.4, -0.2) is 67.2 Å². The van der Waals surface area contributed by atoms with Crippen molar-refractivity contribution in [2.45, 2.75) is 66.5 Å². The lowest BCUT2D eigenvalue weighted by atomic mass is 10.0. The molecule has 8 heteroatoms. The van der Waals surface area contributed by atoms with Gasteiger partial charge in [0.1, 0.15) is 11.4 Å². The van der Waals surface area contributed by atoms with Gasteiger partial charge in [-0.3, -0.25) is 9.59 Å². The summed E-state index contributed by atoms with van der Waals surface area (Å²) in [5, 5.41) is 21.7. The molecule has 0 saturated carbocycles. The van der Waals surface area contributed by atoms with Gasteiger partial charge in [-0.1, -0.05) is 109 Å². The molecular formula is C42H46N6O2. The maximum absolute atomic E-state index is 12.9. The Morgan fingerprint density at radius 3 is 1.24 bits per heavy atom. The molecule has 0 atom stereocenters. The second kappa shape index (κ2) is 16.7. The van der Waals surface area contributed by atoms with E-state index >= 15 is 0 Å². The summed E-state index contributed by atoms with van der Waals surface area (Å²) in [5.74, 6) is 0.175. The number of benzene rings is 4. The van der Waals surface area contributed by atoms with Crippen LogP contribution in [0.5, 0.6) is 0 Å². The number of amides is 2. The Morgan fingerprint density at radius 2 is 0.860 bits per heavy atom. The highest BCUT2D eigenvalue weighted by molar-refractivity contribution is 5.98. The van der Waals surface area contributed by atoms with E-state index in [2.05, 4.69) is 20.4 Å². The van der Waals surface area contributed by atoms with E-state index in [0.29, 0.717) is 13.1 Å². The normalized spacial score (nSPS) is 11.0. The fraction of sp³-hybridized carbons (Fsp3) is 0.286. The third-order valence-corrected chi connectivity index (χ3v) is 8.78. The maximum atomic E-state index is 12.9. The van der Waals surface area contributed by atoms with Crippen molar-refractivity contribution in [1.82, 2.24) is 30.2 Å². The maximum Gasteiger partial charge on any atom is 0.229 e. The first kappa shape index (κ1) is 35.8. The van der Waals surface area contributed by atoms with Crippen LogP contribution in [0, 0.1) is 0 Å². The average Bonchev–Trinajstić information content (AvgIpc) is 3.13. The Hall–Kier alpha value is -5.50. The molecule has 0 unspecified atom stereocenters. The number of hydrogen-bond donors (Lipinski definition) is 0. The number of likely N-dealkylation sites (N-methyl/N-ethyl adjacent to an activating group) is 1. The van der Waals surface area contributed by atoms with Gasteiger partial charge in [-0.2, -0.15) is 10.2 Å². The third kappa shape index (κ3) is 8.20. The van der Waals surface area contributed by atoms with Crippen LogP contribution in [0.1, 0.15) is 52.9 Å². The number of nitrogens with zero attached hydrogens (tertiary/aromatic N) is 6. The highest BCUT2D eigenvalue weighted by Gasteiger charge is 2.22. The highest BCUT2D eigenvalue weighted by atomic mass is 16.2. The summed E-state index contributed by atoms with van der Waals surface area (Å²) < 4.78 is 0. The van der Waals surface area contributed by atoms with E-state index in [-0.39, 0.29) is 36.7 Å². The standard InChI is InChI=1S/C22H25N3O.C20H21N3O/c1-15(2)25(16(3)4)21(26)14-20-18-12-8-9-13-19(18)22(24-23-20)17-10-6-5-7-11-17;1-3-23(4-2)19(24)14-18-16-12-8-9-13-17(16)20(22-21-18)15-10-6-5-7-11-15/h5-13,15-16H,14H2,1-4H3;5-13H,3-4,14H2,1-2H3. The minimum atomic E-state index is 0.0851. The Labute approximate surface area is 295 Å². The molecule has 6 aromatic rings. The van der Waals surface area contributed by atoms with Crippen LogP contribution in [0.3, 0.4) is 0 Å². The van der Waals surface area contributed by atoms with Gasteiger partial charge in [0, 0.05) is 57.8 Å². The SMILES string of the molecule is CC(C)N(C(=O)Cc1nnc(-c2ccccc2)c2ccccc12)C(C)C.CCN(CC)C(=O)Cc1nnc(-c2ccccc2)c2ccccc12. The molecule has 0 aliphatic heterocycles.